The van der Waals surface area contributed by atoms with Gasteiger partial charge in [-0.3, -0.25) is 9.67 Å². The Morgan fingerprint density at radius 1 is 1.28 bits per heavy atom. The summed E-state index contributed by atoms with van der Waals surface area (Å²) in [7, 11) is 1.83. The maximum atomic E-state index is 13.3. The van der Waals surface area contributed by atoms with E-state index in [1.807, 2.05) is 19.2 Å². The van der Waals surface area contributed by atoms with E-state index in [9.17, 15) is 4.39 Å². The lowest BCUT2D eigenvalue weighted by Crippen LogP contribution is -1.94. The van der Waals surface area contributed by atoms with Crippen molar-refractivity contribution in [3.05, 3.63) is 48.5 Å². The van der Waals surface area contributed by atoms with E-state index in [0.29, 0.717) is 5.82 Å². The fraction of sp³-hybridized carbons (Fsp3) is 0.0769. The second-order valence-corrected chi connectivity index (χ2v) is 4.00. The number of rotatable bonds is 2. The summed E-state index contributed by atoms with van der Waals surface area (Å²) in [5.41, 5.74) is 1.70. The van der Waals surface area contributed by atoms with E-state index in [1.165, 1.54) is 12.1 Å². The molecule has 0 aliphatic carbocycles. The number of nitrogens with one attached hydrogen (secondary N) is 1. The Kier molecular flexibility index (Phi) is 2.44. The summed E-state index contributed by atoms with van der Waals surface area (Å²) in [5, 5.41) is 8.22. The molecule has 0 aliphatic rings. The SMILES string of the molecule is Cn1nc(Nc2cccnc2)c2cc(F)ccc21. The highest BCUT2D eigenvalue weighted by atomic mass is 19.1. The third kappa shape index (κ3) is 1.79. The van der Waals surface area contributed by atoms with Gasteiger partial charge < -0.3 is 5.32 Å². The minimum Gasteiger partial charge on any atom is -0.337 e. The van der Waals surface area contributed by atoms with Crippen molar-refractivity contribution in [3.63, 3.8) is 0 Å². The van der Waals surface area contributed by atoms with Gasteiger partial charge in [0.25, 0.3) is 0 Å². The van der Waals surface area contributed by atoms with Crippen molar-refractivity contribution in [3.8, 4) is 0 Å². The summed E-state index contributed by atoms with van der Waals surface area (Å²) in [6, 6.07) is 8.33. The summed E-state index contributed by atoms with van der Waals surface area (Å²) < 4.78 is 15.0. The number of hydrogen-bond donors (Lipinski definition) is 1. The minimum atomic E-state index is -0.273. The quantitative estimate of drug-likeness (QED) is 0.751. The second kappa shape index (κ2) is 4.10. The van der Waals surface area contributed by atoms with E-state index < -0.39 is 0 Å². The van der Waals surface area contributed by atoms with Crippen LogP contribution >= 0.6 is 0 Å². The number of benzene rings is 1. The smallest absolute Gasteiger partial charge is 0.160 e. The van der Waals surface area contributed by atoms with Crippen LogP contribution < -0.4 is 5.32 Å². The van der Waals surface area contributed by atoms with Crippen LogP contribution in [0.25, 0.3) is 10.9 Å². The van der Waals surface area contributed by atoms with Crippen molar-refractivity contribution in [1.29, 1.82) is 0 Å². The van der Waals surface area contributed by atoms with Crippen molar-refractivity contribution < 1.29 is 4.39 Å². The molecule has 2 aromatic heterocycles. The first-order valence-corrected chi connectivity index (χ1v) is 5.53. The summed E-state index contributed by atoms with van der Waals surface area (Å²) in [4.78, 5) is 4.01. The molecule has 1 aromatic carbocycles. The van der Waals surface area contributed by atoms with Gasteiger partial charge in [-0.15, -0.1) is 0 Å². The van der Waals surface area contributed by atoms with Gasteiger partial charge in [0.05, 0.1) is 17.4 Å². The second-order valence-electron chi connectivity index (χ2n) is 4.00. The molecule has 0 fully saturated rings. The number of fused-ring (bicyclic) bond motifs is 1. The van der Waals surface area contributed by atoms with E-state index in [0.717, 1.165) is 16.6 Å². The van der Waals surface area contributed by atoms with Gasteiger partial charge in [0.2, 0.25) is 0 Å². The van der Waals surface area contributed by atoms with Crippen LogP contribution in [0.5, 0.6) is 0 Å². The van der Waals surface area contributed by atoms with E-state index in [4.69, 9.17) is 0 Å². The molecule has 0 saturated carbocycles. The number of aryl methyl sites for hydroxylation is 1. The third-order valence-corrected chi connectivity index (χ3v) is 2.74. The average molecular weight is 242 g/mol. The van der Waals surface area contributed by atoms with Crippen molar-refractivity contribution in [2.75, 3.05) is 5.32 Å². The molecule has 0 unspecified atom stereocenters. The Bertz CT molecular complexity index is 691. The van der Waals surface area contributed by atoms with Crippen molar-refractivity contribution in [1.82, 2.24) is 14.8 Å². The molecular formula is C13H11FN4. The molecule has 0 aliphatic heterocycles. The average Bonchev–Trinajstić information content (AvgIpc) is 2.67. The molecule has 0 bridgehead atoms. The fourth-order valence-electron chi connectivity index (χ4n) is 1.90. The molecule has 3 aromatic rings. The molecule has 1 N–H and O–H groups in total. The Morgan fingerprint density at radius 2 is 2.17 bits per heavy atom. The molecule has 2 heterocycles. The predicted octanol–water partition coefficient (Wildman–Crippen LogP) is 2.85. The summed E-state index contributed by atoms with van der Waals surface area (Å²) in [6.45, 7) is 0. The Labute approximate surface area is 103 Å². The number of halogens is 1. The molecule has 3 rings (SSSR count). The zero-order valence-electron chi connectivity index (χ0n) is 9.76. The molecule has 90 valence electrons. The molecule has 4 nitrogen and oxygen atoms in total. The number of nitrogens with zero attached hydrogens (tertiary/aromatic N) is 3. The molecule has 5 heteroatoms. The molecule has 0 saturated heterocycles. The van der Waals surface area contributed by atoms with Crippen LogP contribution in [0.3, 0.4) is 0 Å². The Morgan fingerprint density at radius 3 is 2.94 bits per heavy atom. The van der Waals surface area contributed by atoms with Crippen LogP contribution in [-0.2, 0) is 7.05 Å². The van der Waals surface area contributed by atoms with Gasteiger partial charge in [-0.05, 0) is 30.3 Å². The number of aromatic nitrogens is 3. The van der Waals surface area contributed by atoms with Gasteiger partial charge in [0, 0.05) is 18.6 Å². The van der Waals surface area contributed by atoms with Crippen molar-refractivity contribution >= 4 is 22.4 Å². The third-order valence-electron chi connectivity index (χ3n) is 2.74. The van der Waals surface area contributed by atoms with E-state index in [1.54, 1.807) is 23.1 Å². The highest BCUT2D eigenvalue weighted by molar-refractivity contribution is 5.91. The molecule has 0 spiro atoms. The van der Waals surface area contributed by atoms with Crippen LogP contribution in [0.2, 0.25) is 0 Å². The number of anilines is 2. The van der Waals surface area contributed by atoms with Crippen LogP contribution in [-0.4, -0.2) is 14.8 Å². The van der Waals surface area contributed by atoms with Crippen LogP contribution in [0.4, 0.5) is 15.9 Å². The van der Waals surface area contributed by atoms with E-state index in [-0.39, 0.29) is 5.82 Å². The van der Waals surface area contributed by atoms with E-state index >= 15 is 0 Å². The minimum absolute atomic E-state index is 0.273. The molecule has 18 heavy (non-hydrogen) atoms. The lowest BCUT2D eigenvalue weighted by Gasteiger charge is -2.01. The Hall–Kier alpha value is -2.43. The summed E-state index contributed by atoms with van der Waals surface area (Å²) in [5.74, 6) is 0.352. The van der Waals surface area contributed by atoms with Crippen LogP contribution in [0.1, 0.15) is 0 Å². The summed E-state index contributed by atoms with van der Waals surface area (Å²) >= 11 is 0. The van der Waals surface area contributed by atoms with Crippen LogP contribution in [0.15, 0.2) is 42.7 Å². The first-order valence-electron chi connectivity index (χ1n) is 5.53. The molecule has 0 radical (unpaired) electrons. The highest BCUT2D eigenvalue weighted by Gasteiger charge is 2.09. The normalized spacial score (nSPS) is 10.8. The van der Waals surface area contributed by atoms with Gasteiger partial charge in [0.1, 0.15) is 5.82 Å². The molecule has 0 atom stereocenters. The first kappa shape index (κ1) is 10.7. The van der Waals surface area contributed by atoms with Gasteiger partial charge in [-0.1, -0.05) is 0 Å². The first-order chi connectivity index (χ1) is 8.74. The molecular weight excluding hydrogens is 231 g/mol. The number of hydrogen-bond acceptors (Lipinski definition) is 3. The topological polar surface area (TPSA) is 42.7 Å². The maximum Gasteiger partial charge on any atom is 0.160 e. The van der Waals surface area contributed by atoms with Crippen molar-refractivity contribution in [2.24, 2.45) is 7.05 Å². The zero-order chi connectivity index (χ0) is 12.5. The fourth-order valence-corrected chi connectivity index (χ4v) is 1.90. The van der Waals surface area contributed by atoms with E-state index in [2.05, 4.69) is 15.4 Å². The summed E-state index contributed by atoms with van der Waals surface area (Å²) in [6.07, 6.45) is 3.39. The van der Waals surface area contributed by atoms with Crippen LogP contribution in [0, 0.1) is 5.82 Å². The van der Waals surface area contributed by atoms with Crippen molar-refractivity contribution in [2.45, 2.75) is 0 Å². The standard InChI is InChI=1S/C13H11FN4/c1-18-12-5-4-9(14)7-11(12)13(17-18)16-10-3-2-6-15-8-10/h2-8H,1H3,(H,16,17). The van der Waals surface area contributed by atoms with Gasteiger partial charge >= 0.3 is 0 Å². The number of pyridine rings is 1. The van der Waals surface area contributed by atoms with Gasteiger partial charge in [-0.25, -0.2) is 4.39 Å². The lowest BCUT2D eigenvalue weighted by molar-refractivity contribution is 0.629. The predicted molar refractivity (Wildman–Crippen MR) is 68.2 cm³/mol. The monoisotopic (exact) mass is 242 g/mol. The lowest BCUT2D eigenvalue weighted by atomic mass is 10.2. The zero-order valence-corrected chi connectivity index (χ0v) is 9.76. The molecule has 0 amide bonds. The van der Waals surface area contributed by atoms with Gasteiger partial charge in [0.15, 0.2) is 5.82 Å². The van der Waals surface area contributed by atoms with Gasteiger partial charge in [-0.2, -0.15) is 5.10 Å². The maximum absolute atomic E-state index is 13.3. The Balaban J connectivity index is 2.09. The largest absolute Gasteiger partial charge is 0.337 e. The highest BCUT2D eigenvalue weighted by Crippen LogP contribution is 2.25.